The average molecular weight is 305 g/mol. The van der Waals surface area contributed by atoms with Crippen molar-refractivity contribution >= 4 is 11.9 Å². The van der Waals surface area contributed by atoms with Crippen molar-refractivity contribution in [1.29, 1.82) is 0 Å². The van der Waals surface area contributed by atoms with E-state index in [1.807, 2.05) is 13.8 Å². The van der Waals surface area contributed by atoms with Gasteiger partial charge in [-0.3, -0.25) is 9.59 Å². The third kappa shape index (κ3) is 3.08. The number of hydrogen-bond acceptors (Lipinski definition) is 3. The van der Waals surface area contributed by atoms with E-state index in [-0.39, 0.29) is 23.8 Å². The van der Waals surface area contributed by atoms with E-state index in [1.165, 1.54) is 6.07 Å². The number of benzene rings is 1. The highest BCUT2D eigenvalue weighted by atomic mass is 16.4. The molecule has 22 heavy (non-hydrogen) atoms. The predicted molar refractivity (Wildman–Crippen MR) is 83.0 cm³/mol. The van der Waals surface area contributed by atoms with Gasteiger partial charge in [0, 0.05) is 13.1 Å². The number of phenols is 1. The fourth-order valence-electron chi connectivity index (χ4n) is 3.26. The minimum atomic E-state index is -0.859. The molecule has 1 aromatic carbocycles. The highest BCUT2D eigenvalue weighted by Crippen LogP contribution is 2.36. The Labute approximate surface area is 130 Å². The number of aryl methyl sites for hydroxylation is 1. The molecule has 5 nitrogen and oxygen atoms in total. The molecule has 5 heteroatoms. The quantitative estimate of drug-likeness (QED) is 0.896. The molecule has 0 radical (unpaired) electrons. The number of nitrogens with zero attached hydrogens (tertiary/aromatic N) is 1. The summed E-state index contributed by atoms with van der Waals surface area (Å²) < 4.78 is 0. The summed E-state index contributed by atoms with van der Waals surface area (Å²) in [4.78, 5) is 25.9. The molecule has 1 fully saturated rings. The van der Waals surface area contributed by atoms with Gasteiger partial charge < -0.3 is 15.1 Å². The number of piperidine rings is 1. The van der Waals surface area contributed by atoms with Crippen LogP contribution < -0.4 is 0 Å². The number of rotatable bonds is 4. The van der Waals surface area contributed by atoms with Gasteiger partial charge in [-0.1, -0.05) is 25.0 Å². The van der Waals surface area contributed by atoms with Gasteiger partial charge in [0.15, 0.2) is 0 Å². The molecule has 2 N–H and O–H groups in total. The van der Waals surface area contributed by atoms with Gasteiger partial charge in [0.2, 0.25) is 0 Å². The van der Waals surface area contributed by atoms with Crippen LogP contribution >= 0.6 is 0 Å². The molecule has 1 atom stereocenters. The molecule has 1 saturated heterocycles. The Morgan fingerprint density at radius 1 is 1.36 bits per heavy atom. The highest BCUT2D eigenvalue weighted by Gasteiger charge is 2.43. The van der Waals surface area contributed by atoms with Crippen LogP contribution in [0.25, 0.3) is 0 Å². The molecule has 0 unspecified atom stereocenters. The summed E-state index contributed by atoms with van der Waals surface area (Å²) in [6.45, 7) is 4.55. The molecular weight excluding hydrogens is 282 g/mol. The molecule has 0 aliphatic carbocycles. The number of carbonyl (C=O) groups is 2. The Balaban J connectivity index is 2.26. The first kappa shape index (κ1) is 16.3. The average Bonchev–Trinajstić information content (AvgIpc) is 2.49. The second kappa shape index (κ2) is 6.38. The molecule has 0 bridgehead atoms. The SMILES string of the molecule is CCC[C@]1(C(=O)O)CCCN(C(=O)c2cc(C)ccc2O)C1. The van der Waals surface area contributed by atoms with Gasteiger partial charge in [-0.25, -0.2) is 0 Å². The maximum Gasteiger partial charge on any atom is 0.311 e. The predicted octanol–water partition coefficient (Wildman–Crippen LogP) is 2.81. The largest absolute Gasteiger partial charge is 0.507 e. The molecular formula is C17H23NO4. The maximum atomic E-state index is 12.7. The number of carboxylic acids is 1. The lowest BCUT2D eigenvalue weighted by molar-refractivity contribution is -0.152. The van der Waals surface area contributed by atoms with E-state index in [0.717, 1.165) is 12.0 Å². The summed E-state index contributed by atoms with van der Waals surface area (Å²) in [7, 11) is 0. The van der Waals surface area contributed by atoms with Crippen LogP contribution in [0.3, 0.4) is 0 Å². The number of carbonyl (C=O) groups excluding carboxylic acids is 1. The molecule has 1 aromatic rings. The van der Waals surface area contributed by atoms with E-state index >= 15 is 0 Å². The van der Waals surface area contributed by atoms with Crippen LogP contribution in [-0.4, -0.2) is 40.1 Å². The Kier molecular flexibility index (Phi) is 4.74. The lowest BCUT2D eigenvalue weighted by atomic mass is 9.76. The molecule has 0 aromatic heterocycles. The molecule has 1 amide bonds. The van der Waals surface area contributed by atoms with Crippen molar-refractivity contribution in [1.82, 2.24) is 4.90 Å². The summed E-state index contributed by atoms with van der Waals surface area (Å²) in [5, 5.41) is 19.5. The normalized spacial score (nSPS) is 21.6. The van der Waals surface area contributed by atoms with Crippen molar-refractivity contribution < 1.29 is 19.8 Å². The molecule has 120 valence electrons. The smallest absolute Gasteiger partial charge is 0.311 e. The van der Waals surface area contributed by atoms with Crippen LogP contribution in [0.1, 0.15) is 48.5 Å². The first-order chi connectivity index (χ1) is 10.4. The van der Waals surface area contributed by atoms with Crippen LogP contribution in [0.15, 0.2) is 18.2 Å². The molecule has 1 aliphatic heterocycles. The number of carboxylic acid groups (broad SMARTS) is 1. The Bertz CT molecular complexity index is 580. The molecule has 0 spiro atoms. The second-order valence-electron chi connectivity index (χ2n) is 6.19. The number of likely N-dealkylation sites (tertiary alicyclic amines) is 1. The van der Waals surface area contributed by atoms with E-state index in [2.05, 4.69) is 0 Å². The summed E-state index contributed by atoms with van der Waals surface area (Å²) in [6.07, 6.45) is 2.60. The molecule has 0 saturated carbocycles. The third-order valence-corrected chi connectivity index (χ3v) is 4.43. The summed E-state index contributed by atoms with van der Waals surface area (Å²) in [5.74, 6) is -1.18. The standard InChI is InChI=1S/C17H23NO4/c1-3-7-17(16(21)22)8-4-9-18(11-17)15(20)13-10-12(2)5-6-14(13)19/h5-6,10,19H,3-4,7-9,11H2,1-2H3,(H,21,22)/t17-/m0/s1. The summed E-state index contributed by atoms with van der Waals surface area (Å²) in [6, 6.07) is 4.89. The minimum absolute atomic E-state index is 0.0578. The summed E-state index contributed by atoms with van der Waals surface area (Å²) >= 11 is 0. The van der Waals surface area contributed by atoms with Crippen LogP contribution in [0.4, 0.5) is 0 Å². The van der Waals surface area contributed by atoms with Crippen molar-refractivity contribution in [2.24, 2.45) is 5.41 Å². The van der Waals surface area contributed by atoms with Crippen molar-refractivity contribution in [3.63, 3.8) is 0 Å². The zero-order chi connectivity index (χ0) is 16.3. The van der Waals surface area contributed by atoms with Gasteiger partial charge in [-0.05, 0) is 38.3 Å². The van der Waals surface area contributed by atoms with Gasteiger partial charge in [0.05, 0.1) is 11.0 Å². The van der Waals surface area contributed by atoms with E-state index < -0.39 is 11.4 Å². The molecule has 1 aliphatic rings. The third-order valence-electron chi connectivity index (χ3n) is 4.43. The maximum absolute atomic E-state index is 12.7. The van der Waals surface area contributed by atoms with E-state index in [4.69, 9.17) is 0 Å². The number of aromatic hydroxyl groups is 1. The van der Waals surface area contributed by atoms with Crippen molar-refractivity contribution in [3.8, 4) is 5.75 Å². The van der Waals surface area contributed by atoms with Crippen molar-refractivity contribution in [2.75, 3.05) is 13.1 Å². The van der Waals surface area contributed by atoms with Crippen LogP contribution in [0.5, 0.6) is 5.75 Å². The zero-order valence-corrected chi connectivity index (χ0v) is 13.1. The lowest BCUT2D eigenvalue weighted by Crippen LogP contribution is -2.49. The van der Waals surface area contributed by atoms with Crippen LogP contribution in [0, 0.1) is 12.3 Å². The zero-order valence-electron chi connectivity index (χ0n) is 13.1. The minimum Gasteiger partial charge on any atom is -0.507 e. The van der Waals surface area contributed by atoms with Gasteiger partial charge in [-0.15, -0.1) is 0 Å². The van der Waals surface area contributed by atoms with E-state index in [1.54, 1.807) is 17.0 Å². The van der Waals surface area contributed by atoms with Crippen LogP contribution in [-0.2, 0) is 4.79 Å². The monoisotopic (exact) mass is 305 g/mol. The molecule has 1 heterocycles. The lowest BCUT2D eigenvalue weighted by Gasteiger charge is -2.40. The van der Waals surface area contributed by atoms with Crippen molar-refractivity contribution in [3.05, 3.63) is 29.3 Å². The van der Waals surface area contributed by atoms with Gasteiger partial charge in [-0.2, -0.15) is 0 Å². The Morgan fingerprint density at radius 2 is 2.09 bits per heavy atom. The number of amides is 1. The first-order valence-corrected chi connectivity index (χ1v) is 7.72. The van der Waals surface area contributed by atoms with Gasteiger partial charge in [0.25, 0.3) is 5.91 Å². The topological polar surface area (TPSA) is 77.8 Å². The van der Waals surface area contributed by atoms with Gasteiger partial charge in [0.1, 0.15) is 5.75 Å². The van der Waals surface area contributed by atoms with Gasteiger partial charge >= 0.3 is 5.97 Å². The Morgan fingerprint density at radius 3 is 2.73 bits per heavy atom. The fraction of sp³-hybridized carbons (Fsp3) is 0.529. The Hall–Kier alpha value is -2.04. The number of aliphatic carboxylic acids is 1. The highest BCUT2D eigenvalue weighted by molar-refractivity contribution is 5.97. The number of phenolic OH excluding ortho intramolecular Hbond substituents is 1. The molecule has 2 rings (SSSR count). The number of hydrogen-bond donors (Lipinski definition) is 2. The fourth-order valence-corrected chi connectivity index (χ4v) is 3.26. The van der Waals surface area contributed by atoms with E-state index in [9.17, 15) is 19.8 Å². The second-order valence-corrected chi connectivity index (χ2v) is 6.19. The van der Waals surface area contributed by atoms with Crippen LogP contribution in [0.2, 0.25) is 0 Å². The van der Waals surface area contributed by atoms with E-state index in [0.29, 0.717) is 25.8 Å². The van der Waals surface area contributed by atoms with Crippen molar-refractivity contribution in [2.45, 2.75) is 39.5 Å². The first-order valence-electron chi connectivity index (χ1n) is 7.72. The summed E-state index contributed by atoms with van der Waals surface area (Å²) in [5.41, 5.74) is 0.274.